The Morgan fingerprint density at radius 3 is 2.30 bits per heavy atom. The first kappa shape index (κ1) is 20.4. The van der Waals surface area contributed by atoms with Crippen LogP contribution in [0, 0.1) is 20.8 Å². The number of hydrogen-bond acceptors (Lipinski definition) is 7. The predicted octanol–water partition coefficient (Wildman–Crippen LogP) is 0.894. The summed E-state index contributed by atoms with van der Waals surface area (Å²) < 4.78 is 17.7. The minimum atomic E-state index is -1.47. The Balaban J connectivity index is 1.95. The molecular weight excluding hydrogens is 352 g/mol. The van der Waals surface area contributed by atoms with Crippen molar-refractivity contribution in [2.24, 2.45) is 0 Å². The number of ether oxygens (including phenoxy) is 3. The number of rotatable bonds is 3. The molecule has 0 unspecified atom stereocenters. The van der Waals surface area contributed by atoms with Crippen molar-refractivity contribution in [1.29, 1.82) is 0 Å². The Hall–Kier alpha value is -1.38. The molecule has 0 spiro atoms. The van der Waals surface area contributed by atoms with Gasteiger partial charge in [-0.1, -0.05) is 0 Å². The van der Waals surface area contributed by atoms with Gasteiger partial charge in [0.1, 0.15) is 41.5 Å². The molecule has 1 aromatic carbocycles. The SMILES string of the molecule is Cc1c(C)c2c(c(C)c1O[C@H]1O[C@H](CO)[C@@H](O)[C@H](O)[C@@H]1O)CCC(C)(C)O2. The lowest BCUT2D eigenvalue weighted by Gasteiger charge is -2.40. The summed E-state index contributed by atoms with van der Waals surface area (Å²) in [7, 11) is 0. The van der Waals surface area contributed by atoms with Crippen molar-refractivity contribution in [1.82, 2.24) is 0 Å². The fourth-order valence-corrected chi connectivity index (χ4v) is 3.81. The zero-order valence-corrected chi connectivity index (χ0v) is 16.5. The Morgan fingerprint density at radius 2 is 1.67 bits per heavy atom. The van der Waals surface area contributed by atoms with E-state index in [0.717, 1.165) is 40.8 Å². The average Bonchev–Trinajstić information content (AvgIpc) is 2.62. The van der Waals surface area contributed by atoms with Crippen molar-refractivity contribution in [3.05, 3.63) is 22.3 Å². The fourth-order valence-electron chi connectivity index (χ4n) is 3.81. The molecule has 0 radical (unpaired) electrons. The zero-order chi connectivity index (χ0) is 20.1. The highest BCUT2D eigenvalue weighted by Crippen LogP contribution is 2.44. The third-order valence-electron chi connectivity index (χ3n) is 5.75. The van der Waals surface area contributed by atoms with Crippen LogP contribution in [0.5, 0.6) is 11.5 Å². The minimum absolute atomic E-state index is 0.226. The molecule has 27 heavy (non-hydrogen) atoms. The number of aliphatic hydroxyl groups is 4. The second-order valence-corrected chi connectivity index (χ2v) is 8.19. The van der Waals surface area contributed by atoms with Crippen molar-refractivity contribution in [3.8, 4) is 11.5 Å². The van der Waals surface area contributed by atoms with Gasteiger partial charge < -0.3 is 34.6 Å². The Kier molecular flexibility index (Phi) is 5.44. The van der Waals surface area contributed by atoms with Gasteiger partial charge in [-0.15, -0.1) is 0 Å². The van der Waals surface area contributed by atoms with Gasteiger partial charge in [0.15, 0.2) is 0 Å². The van der Waals surface area contributed by atoms with E-state index in [1.165, 1.54) is 0 Å². The monoisotopic (exact) mass is 382 g/mol. The van der Waals surface area contributed by atoms with E-state index in [-0.39, 0.29) is 5.60 Å². The lowest BCUT2D eigenvalue weighted by atomic mass is 9.88. The van der Waals surface area contributed by atoms with Crippen LogP contribution < -0.4 is 9.47 Å². The van der Waals surface area contributed by atoms with Crippen LogP contribution in [0.25, 0.3) is 0 Å². The van der Waals surface area contributed by atoms with Gasteiger partial charge in [-0.25, -0.2) is 0 Å². The van der Waals surface area contributed by atoms with Crippen LogP contribution in [0.2, 0.25) is 0 Å². The molecule has 2 aliphatic rings. The molecule has 2 aliphatic heterocycles. The van der Waals surface area contributed by atoms with Gasteiger partial charge in [-0.05, 0) is 64.2 Å². The van der Waals surface area contributed by atoms with Crippen LogP contribution in [0.3, 0.4) is 0 Å². The molecule has 0 bridgehead atoms. The van der Waals surface area contributed by atoms with Crippen molar-refractivity contribution in [3.63, 3.8) is 0 Å². The Labute approximate surface area is 159 Å². The molecule has 0 saturated carbocycles. The average molecular weight is 382 g/mol. The van der Waals surface area contributed by atoms with Crippen molar-refractivity contribution in [2.75, 3.05) is 6.61 Å². The first-order valence-corrected chi connectivity index (χ1v) is 9.36. The van der Waals surface area contributed by atoms with Crippen molar-refractivity contribution < 1.29 is 34.6 Å². The summed E-state index contributed by atoms with van der Waals surface area (Å²) >= 11 is 0. The van der Waals surface area contributed by atoms with E-state index in [0.29, 0.717) is 5.75 Å². The van der Waals surface area contributed by atoms with Gasteiger partial charge in [-0.3, -0.25) is 0 Å². The molecule has 0 amide bonds. The fraction of sp³-hybridized carbons (Fsp3) is 0.700. The summed E-state index contributed by atoms with van der Waals surface area (Å²) in [6, 6.07) is 0. The third-order valence-corrected chi connectivity index (χ3v) is 5.75. The first-order chi connectivity index (χ1) is 12.6. The lowest BCUT2D eigenvalue weighted by molar-refractivity contribution is -0.277. The third kappa shape index (κ3) is 3.54. The predicted molar refractivity (Wildman–Crippen MR) is 98.1 cm³/mol. The molecule has 2 heterocycles. The number of fused-ring (bicyclic) bond motifs is 1. The van der Waals surface area contributed by atoms with Crippen molar-refractivity contribution >= 4 is 0 Å². The van der Waals surface area contributed by atoms with Gasteiger partial charge in [-0.2, -0.15) is 0 Å². The standard InChI is InChI=1S/C20H30O7/c1-9-10(2)18-12(6-7-20(4,5)27-18)11(3)17(9)26-19-16(24)15(23)14(22)13(8-21)25-19/h13-16,19,21-24H,6-8H2,1-5H3/t13-,14-,15+,16+,19-/m1/s1. The van der Waals surface area contributed by atoms with Crippen LogP contribution in [0.15, 0.2) is 0 Å². The van der Waals surface area contributed by atoms with E-state index in [2.05, 4.69) is 13.8 Å². The minimum Gasteiger partial charge on any atom is -0.487 e. The van der Waals surface area contributed by atoms with Crippen LogP contribution in [-0.2, 0) is 11.2 Å². The van der Waals surface area contributed by atoms with Gasteiger partial charge >= 0.3 is 0 Å². The highest BCUT2D eigenvalue weighted by molar-refractivity contribution is 5.59. The van der Waals surface area contributed by atoms with Crippen LogP contribution >= 0.6 is 0 Å². The van der Waals surface area contributed by atoms with Gasteiger partial charge in [0, 0.05) is 5.56 Å². The summed E-state index contributed by atoms with van der Waals surface area (Å²) in [5, 5.41) is 39.6. The number of hydrogen-bond donors (Lipinski definition) is 4. The van der Waals surface area contributed by atoms with E-state index >= 15 is 0 Å². The highest BCUT2D eigenvalue weighted by atomic mass is 16.7. The second kappa shape index (κ2) is 7.22. The van der Waals surface area contributed by atoms with Crippen LogP contribution in [0.1, 0.15) is 42.5 Å². The van der Waals surface area contributed by atoms with Gasteiger partial charge in [0.25, 0.3) is 0 Å². The maximum absolute atomic E-state index is 10.3. The molecule has 1 saturated heterocycles. The molecular formula is C20H30O7. The van der Waals surface area contributed by atoms with E-state index in [1.54, 1.807) is 0 Å². The summed E-state index contributed by atoms with van der Waals surface area (Å²) in [6.07, 6.45) is -4.79. The lowest BCUT2D eigenvalue weighted by Crippen LogP contribution is -2.60. The Bertz CT molecular complexity index is 713. The summed E-state index contributed by atoms with van der Waals surface area (Å²) in [5.74, 6) is 1.45. The number of benzene rings is 1. The van der Waals surface area contributed by atoms with Crippen LogP contribution in [-0.4, -0.2) is 63.3 Å². The molecule has 0 aliphatic carbocycles. The number of aliphatic hydroxyl groups excluding tert-OH is 4. The van der Waals surface area contributed by atoms with E-state index in [9.17, 15) is 20.4 Å². The second-order valence-electron chi connectivity index (χ2n) is 8.19. The topological polar surface area (TPSA) is 109 Å². The molecule has 1 fully saturated rings. The smallest absolute Gasteiger partial charge is 0.229 e. The molecule has 1 aromatic rings. The molecule has 7 heteroatoms. The van der Waals surface area contributed by atoms with Crippen molar-refractivity contribution in [2.45, 2.75) is 83.8 Å². The summed E-state index contributed by atoms with van der Waals surface area (Å²) in [6.45, 7) is 9.46. The van der Waals surface area contributed by atoms with E-state index in [4.69, 9.17) is 14.2 Å². The summed E-state index contributed by atoms with van der Waals surface area (Å²) in [4.78, 5) is 0. The zero-order valence-electron chi connectivity index (χ0n) is 16.5. The normalized spacial score (nSPS) is 32.6. The summed E-state index contributed by atoms with van der Waals surface area (Å²) in [5.41, 5.74) is 3.57. The molecule has 3 rings (SSSR count). The first-order valence-electron chi connectivity index (χ1n) is 9.36. The molecule has 5 atom stereocenters. The Morgan fingerprint density at radius 1 is 1.00 bits per heavy atom. The maximum atomic E-state index is 10.3. The van der Waals surface area contributed by atoms with E-state index < -0.39 is 37.3 Å². The maximum Gasteiger partial charge on any atom is 0.229 e. The quantitative estimate of drug-likeness (QED) is 0.615. The van der Waals surface area contributed by atoms with Gasteiger partial charge in [0.2, 0.25) is 6.29 Å². The van der Waals surface area contributed by atoms with Crippen LogP contribution in [0.4, 0.5) is 0 Å². The molecule has 152 valence electrons. The highest BCUT2D eigenvalue weighted by Gasteiger charge is 2.45. The van der Waals surface area contributed by atoms with Gasteiger partial charge in [0.05, 0.1) is 6.61 Å². The van der Waals surface area contributed by atoms with E-state index in [1.807, 2.05) is 20.8 Å². The largest absolute Gasteiger partial charge is 0.487 e. The molecule has 4 N–H and O–H groups in total. The molecule has 7 nitrogen and oxygen atoms in total. The molecule has 0 aromatic heterocycles.